The molecule has 1 aliphatic heterocycles. The molecule has 0 saturated carbocycles. The molecule has 1 aromatic carbocycles. The average molecular weight is 452 g/mol. The third-order valence-electron chi connectivity index (χ3n) is 4.35. The Morgan fingerprint density at radius 3 is 2.60 bits per heavy atom. The zero-order chi connectivity index (χ0) is 21.5. The Kier molecular flexibility index (Phi) is 7.47. The fourth-order valence-electron chi connectivity index (χ4n) is 2.89. The van der Waals surface area contributed by atoms with E-state index in [0.29, 0.717) is 54.3 Å². The van der Waals surface area contributed by atoms with Gasteiger partial charge >= 0.3 is 12.1 Å². The third-order valence-corrected chi connectivity index (χ3v) is 5.39. The second kappa shape index (κ2) is 10.3. The molecule has 0 aliphatic carbocycles. The highest BCUT2D eigenvalue weighted by molar-refractivity contribution is 7.14. The summed E-state index contributed by atoms with van der Waals surface area (Å²) in [6.45, 7) is 3.88. The molecule has 1 fully saturated rings. The van der Waals surface area contributed by atoms with Crippen molar-refractivity contribution < 1.29 is 19.1 Å². The summed E-state index contributed by atoms with van der Waals surface area (Å²) in [4.78, 5) is 43.9. The number of anilines is 2. The molecule has 0 atom stereocenters. The number of nitrogens with one attached hydrogen (secondary N) is 2. The number of rotatable bonds is 5. The van der Waals surface area contributed by atoms with E-state index < -0.39 is 6.03 Å². The molecule has 2 aromatic rings. The number of piperazine rings is 1. The molecule has 9 nitrogen and oxygen atoms in total. The van der Waals surface area contributed by atoms with E-state index in [-0.39, 0.29) is 18.4 Å². The van der Waals surface area contributed by atoms with Crippen molar-refractivity contribution in [3.05, 3.63) is 40.4 Å². The number of carbonyl (C=O) groups excluding carboxylic acids is 3. The van der Waals surface area contributed by atoms with Crippen molar-refractivity contribution in [2.75, 3.05) is 43.4 Å². The normalized spacial score (nSPS) is 13.7. The molecule has 3 rings (SSSR count). The fourth-order valence-corrected chi connectivity index (χ4v) is 3.79. The van der Waals surface area contributed by atoms with Crippen molar-refractivity contribution in [3.8, 4) is 0 Å². The Bertz CT molecular complexity index is 914. The molecule has 0 bridgehead atoms. The number of hydrogen-bond acceptors (Lipinski definition) is 6. The first-order chi connectivity index (χ1) is 14.4. The first kappa shape index (κ1) is 21.8. The van der Waals surface area contributed by atoms with Crippen molar-refractivity contribution >= 4 is 51.8 Å². The van der Waals surface area contributed by atoms with Crippen LogP contribution in [0, 0.1) is 0 Å². The minimum Gasteiger partial charge on any atom is -0.450 e. The minimum absolute atomic E-state index is 0.0706. The standard InChI is InChI=1S/C19H22ClN5O4S/c1-2-29-19(28)25-8-6-24(7-9-25)16(26)11-15-12-30-18(22-15)23-17(27)21-14-5-3-4-13(20)10-14/h3-5,10,12H,2,6-9,11H2,1H3,(H2,21,22,23,27). The molecule has 0 spiro atoms. The van der Waals surface area contributed by atoms with E-state index in [1.807, 2.05) is 0 Å². The van der Waals surface area contributed by atoms with Crippen molar-refractivity contribution in [2.24, 2.45) is 0 Å². The Balaban J connectivity index is 1.46. The predicted molar refractivity (Wildman–Crippen MR) is 115 cm³/mol. The lowest BCUT2D eigenvalue weighted by Crippen LogP contribution is -2.51. The predicted octanol–water partition coefficient (Wildman–Crippen LogP) is 3.28. The molecular weight excluding hydrogens is 430 g/mol. The summed E-state index contributed by atoms with van der Waals surface area (Å²) >= 11 is 7.14. The molecular formula is C19H22ClN5O4S. The lowest BCUT2D eigenvalue weighted by Gasteiger charge is -2.34. The van der Waals surface area contributed by atoms with Crippen LogP contribution in [0.5, 0.6) is 0 Å². The van der Waals surface area contributed by atoms with Gasteiger partial charge in [0.05, 0.1) is 18.7 Å². The first-order valence-corrected chi connectivity index (χ1v) is 10.7. The van der Waals surface area contributed by atoms with Crippen LogP contribution in [0.25, 0.3) is 0 Å². The van der Waals surface area contributed by atoms with Gasteiger partial charge in [-0.1, -0.05) is 17.7 Å². The molecule has 4 amide bonds. The highest BCUT2D eigenvalue weighted by atomic mass is 35.5. The lowest BCUT2D eigenvalue weighted by atomic mass is 10.2. The molecule has 1 aliphatic rings. The lowest BCUT2D eigenvalue weighted by molar-refractivity contribution is -0.132. The van der Waals surface area contributed by atoms with Gasteiger partial charge in [-0.3, -0.25) is 10.1 Å². The van der Waals surface area contributed by atoms with Crippen LogP contribution < -0.4 is 10.6 Å². The summed E-state index contributed by atoms with van der Waals surface area (Å²) in [7, 11) is 0. The average Bonchev–Trinajstić information content (AvgIpc) is 3.14. The third kappa shape index (κ3) is 6.07. The molecule has 0 radical (unpaired) electrons. The summed E-state index contributed by atoms with van der Waals surface area (Å²) in [5, 5.41) is 7.96. The van der Waals surface area contributed by atoms with Gasteiger partial charge in [-0.25, -0.2) is 14.6 Å². The Morgan fingerprint density at radius 1 is 1.17 bits per heavy atom. The van der Waals surface area contributed by atoms with Gasteiger partial charge in [-0.2, -0.15) is 0 Å². The smallest absolute Gasteiger partial charge is 0.409 e. The SMILES string of the molecule is CCOC(=O)N1CCN(C(=O)Cc2csc(NC(=O)Nc3cccc(Cl)c3)n2)CC1. The van der Waals surface area contributed by atoms with Crippen molar-refractivity contribution in [2.45, 2.75) is 13.3 Å². The molecule has 11 heteroatoms. The second-order valence-corrected chi connectivity index (χ2v) is 7.77. The number of carbonyl (C=O) groups is 3. The Hall–Kier alpha value is -2.85. The Labute approximate surface area is 183 Å². The molecule has 1 saturated heterocycles. The highest BCUT2D eigenvalue weighted by Gasteiger charge is 2.25. The van der Waals surface area contributed by atoms with Crippen LogP contribution in [-0.4, -0.2) is 65.6 Å². The van der Waals surface area contributed by atoms with E-state index in [4.69, 9.17) is 16.3 Å². The zero-order valence-corrected chi connectivity index (χ0v) is 18.0. The summed E-state index contributed by atoms with van der Waals surface area (Å²) in [5.41, 5.74) is 1.14. The number of aromatic nitrogens is 1. The van der Waals surface area contributed by atoms with E-state index in [2.05, 4.69) is 15.6 Å². The summed E-state index contributed by atoms with van der Waals surface area (Å²) < 4.78 is 4.98. The van der Waals surface area contributed by atoms with Crippen LogP contribution in [0.2, 0.25) is 5.02 Å². The van der Waals surface area contributed by atoms with Gasteiger partial charge < -0.3 is 19.9 Å². The minimum atomic E-state index is -0.445. The number of amides is 4. The maximum absolute atomic E-state index is 12.5. The van der Waals surface area contributed by atoms with Gasteiger partial charge in [0.1, 0.15) is 0 Å². The van der Waals surface area contributed by atoms with E-state index in [1.165, 1.54) is 11.3 Å². The number of thiazole rings is 1. The quantitative estimate of drug-likeness (QED) is 0.725. The molecule has 160 valence electrons. The maximum Gasteiger partial charge on any atom is 0.409 e. The van der Waals surface area contributed by atoms with Gasteiger partial charge in [-0.05, 0) is 25.1 Å². The first-order valence-electron chi connectivity index (χ1n) is 9.42. The summed E-state index contributed by atoms with van der Waals surface area (Å²) in [6.07, 6.45) is -0.219. The number of ether oxygens (including phenoxy) is 1. The summed E-state index contributed by atoms with van der Waals surface area (Å²) in [5.74, 6) is -0.0706. The number of benzene rings is 1. The molecule has 1 aromatic heterocycles. The van der Waals surface area contributed by atoms with E-state index in [1.54, 1.807) is 46.4 Å². The highest BCUT2D eigenvalue weighted by Crippen LogP contribution is 2.19. The van der Waals surface area contributed by atoms with Crippen LogP contribution in [0.15, 0.2) is 29.6 Å². The van der Waals surface area contributed by atoms with Crippen LogP contribution in [0.1, 0.15) is 12.6 Å². The van der Waals surface area contributed by atoms with Gasteiger partial charge in [0.2, 0.25) is 5.91 Å². The maximum atomic E-state index is 12.5. The molecule has 30 heavy (non-hydrogen) atoms. The van der Waals surface area contributed by atoms with E-state index in [9.17, 15) is 14.4 Å². The number of hydrogen-bond donors (Lipinski definition) is 2. The van der Waals surface area contributed by atoms with Crippen LogP contribution in [-0.2, 0) is 16.0 Å². The van der Waals surface area contributed by atoms with E-state index >= 15 is 0 Å². The number of urea groups is 1. The summed E-state index contributed by atoms with van der Waals surface area (Å²) in [6, 6.07) is 6.36. The van der Waals surface area contributed by atoms with Crippen LogP contribution >= 0.6 is 22.9 Å². The van der Waals surface area contributed by atoms with Gasteiger partial charge in [0.15, 0.2) is 5.13 Å². The second-order valence-electron chi connectivity index (χ2n) is 6.48. The zero-order valence-electron chi connectivity index (χ0n) is 16.4. The number of halogens is 1. The van der Waals surface area contributed by atoms with Gasteiger partial charge in [0.25, 0.3) is 0 Å². The van der Waals surface area contributed by atoms with Crippen molar-refractivity contribution in [3.63, 3.8) is 0 Å². The molecule has 0 unspecified atom stereocenters. The van der Waals surface area contributed by atoms with Crippen LogP contribution in [0.3, 0.4) is 0 Å². The van der Waals surface area contributed by atoms with Gasteiger partial charge in [0, 0.05) is 42.3 Å². The topological polar surface area (TPSA) is 104 Å². The van der Waals surface area contributed by atoms with Gasteiger partial charge in [-0.15, -0.1) is 11.3 Å². The monoisotopic (exact) mass is 451 g/mol. The fraction of sp³-hybridized carbons (Fsp3) is 0.368. The Morgan fingerprint density at radius 2 is 1.90 bits per heavy atom. The van der Waals surface area contributed by atoms with Crippen molar-refractivity contribution in [1.82, 2.24) is 14.8 Å². The molecule has 2 heterocycles. The largest absolute Gasteiger partial charge is 0.450 e. The van der Waals surface area contributed by atoms with Crippen molar-refractivity contribution in [1.29, 1.82) is 0 Å². The number of nitrogens with zero attached hydrogens (tertiary/aromatic N) is 3. The van der Waals surface area contributed by atoms with E-state index in [0.717, 1.165) is 0 Å². The van der Waals surface area contributed by atoms with Crippen LogP contribution in [0.4, 0.5) is 20.4 Å². The molecule has 2 N–H and O–H groups in total.